The second kappa shape index (κ2) is 7.27. The molecule has 0 aromatic heterocycles. The number of sulfonamides is 2. The molecule has 0 amide bonds. The highest BCUT2D eigenvalue weighted by atomic mass is 32.2. The average molecular weight is 340 g/mol. The Kier molecular flexibility index (Phi) is 6.23. The predicted molar refractivity (Wildman–Crippen MR) is 74.1 cm³/mol. The molecular weight excluding hydrogens is 323 g/mol. The highest BCUT2D eigenvalue weighted by molar-refractivity contribution is 7.89. The molecule has 0 aliphatic carbocycles. The molecule has 0 aliphatic rings. The van der Waals surface area contributed by atoms with E-state index in [2.05, 4.69) is 4.72 Å². The van der Waals surface area contributed by atoms with Crippen LogP contribution < -0.4 is 9.86 Å². The Morgan fingerprint density at radius 3 is 2.43 bits per heavy atom. The van der Waals surface area contributed by atoms with Crippen molar-refractivity contribution in [3.8, 4) is 0 Å². The molecule has 120 valence electrons. The summed E-state index contributed by atoms with van der Waals surface area (Å²) in [5.74, 6) is -1.18. The van der Waals surface area contributed by atoms with Crippen LogP contribution >= 0.6 is 0 Å². The number of benzene rings is 1. The number of rotatable bonds is 8. The first-order valence-electron chi connectivity index (χ1n) is 5.99. The van der Waals surface area contributed by atoms with Crippen LogP contribution in [0, 0.1) is 5.82 Å². The summed E-state index contributed by atoms with van der Waals surface area (Å²) in [4.78, 5) is -1.11. The highest BCUT2D eigenvalue weighted by Crippen LogP contribution is 2.18. The van der Waals surface area contributed by atoms with Crippen LogP contribution in [0.2, 0.25) is 0 Å². The van der Waals surface area contributed by atoms with E-state index in [0.717, 1.165) is 12.1 Å². The van der Waals surface area contributed by atoms with E-state index in [0.29, 0.717) is 25.5 Å². The van der Waals surface area contributed by atoms with E-state index < -0.39 is 35.7 Å². The molecule has 0 bridgehead atoms. The van der Waals surface area contributed by atoms with Crippen molar-refractivity contribution in [2.45, 2.75) is 22.6 Å². The zero-order valence-corrected chi connectivity index (χ0v) is 13.0. The van der Waals surface area contributed by atoms with Gasteiger partial charge in [0.1, 0.15) is 10.7 Å². The monoisotopic (exact) mass is 340 g/mol. The quantitative estimate of drug-likeness (QED) is 0.655. The Balaban J connectivity index is 2.85. The standard InChI is InChI=1S/C11H17FN2O5S2/c1-19-7-3-2-6-14-21(17,18)11-5-4-9(8-10(11)12)20(13,15)16/h4-5,8,14H,2-3,6-7H2,1H3,(H2,13,15,16). The normalized spacial score (nSPS) is 12.5. The highest BCUT2D eigenvalue weighted by Gasteiger charge is 2.20. The van der Waals surface area contributed by atoms with Crippen molar-refractivity contribution in [2.75, 3.05) is 20.3 Å². The maximum Gasteiger partial charge on any atom is 0.243 e. The molecule has 0 unspecified atom stereocenters. The molecule has 0 saturated carbocycles. The number of unbranched alkanes of at least 4 members (excludes halogenated alkanes) is 1. The minimum Gasteiger partial charge on any atom is -0.385 e. The van der Waals surface area contributed by atoms with E-state index in [1.807, 2.05) is 0 Å². The molecule has 0 fully saturated rings. The fourth-order valence-electron chi connectivity index (χ4n) is 1.53. The van der Waals surface area contributed by atoms with Crippen molar-refractivity contribution in [2.24, 2.45) is 5.14 Å². The Morgan fingerprint density at radius 1 is 1.24 bits per heavy atom. The third-order valence-corrected chi connectivity index (χ3v) is 4.99. The summed E-state index contributed by atoms with van der Waals surface area (Å²) in [6, 6.07) is 2.39. The molecule has 1 rings (SSSR count). The van der Waals surface area contributed by atoms with E-state index in [1.54, 1.807) is 0 Å². The number of primary sulfonamides is 1. The van der Waals surface area contributed by atoms with Gasteiger partial charge >= 0.3 is 0 Å². The van der Waals surface area contributed by atoms with Crippen LogP contribution in [0.25, 0.3) is 0 Å². The van der Waals surface area contributed by atoms with Gasteiger partial charge in [0.25, 0.3) is 0 Å². The third kappa shape index (κ3) is 5.32. The average Bonchev–Trinajstić information content (AvgIpc) is 2.37. The molecule has 10 heteroatoms. The number of nitrogens with one attached hydrogen (secondary N) is 1. The molecule has 0 heterocycles. The Morgan fingerprint density at radius 2 is 1.90 bits per heavy atom. The number of hydrogen-bond donors (Lipinski definition) is 2. The largest absolute Gasteiger partial charge is 0.385 e. The maximum absolute atomic E-state index is 13.7. The summed E-state index contributed by atoms with van der Waals surface area (Å²) >= 11 is 0. The van der Waals surface area contributed by atoms with Gasteiger partial charge in [0.15, 0.2) is 0 Å². The van der Waals surface area contributed by atoms with E-state index in [4.69, 9.17) is 9.88 Å². The molecule has 0 atom stereocenters. The molecule has 0 radical (unpaired) electrons. The molecule has 0 spiro atoms. The second-order valence-electron chi connectivity index (χ2n) is 4.23. The molecule has 1 aromatic rings. The van der Waals surface area contributed by atoms with Crippen LogP contribution in [0.3, 0.4) is 0 Å². The summed E-state index contributed by atoms with van der Waals surface area (Å²) in [6.07, 6.45) is 1.19. The summed E-state index contributed by atoms with van der Waals surface area (Å²) < 4.78 is 66.7. The second-order valence-corrected chi connectivity index (χ2v) is 7.53. The van der Waals surface area contributed by atoms with Crippen molar-refractivity contribution >= 4 is 20.0 Å². The van der Waals surface area contributed by atoms with Gasteiger partial charge in [-0.15, -0.1) is 0 Å². The first-order chi connectivity index (χ1) is 9.68. The summed E-state index contributed by atoms with van der Waals surface area (Å²) in [6.45, 7) is 0.626. The minimum absolute atomic E-state index is 0.127. The maximum atomic E-state index is 13.7. The molecule has 1 aromatic carbocycles. The van der Waals surface area contributed by atoms with Crippen LogP contribution in [0.15, 0.2) is 28.0 Å². The van der Waals surface area contributed by atoms with Crippen LogP contribution in [0.1, 0.15) is 12.8 Å². The molecular formula is C11H17FN2O5S2. The fourth-order valence-corrected chi connectivity index (χ4v) is 3.19. The molecule has 7 nitrogen and oxygen atoms in total. The van der Waals surface area contributed by atoms with Crippen molar-refractivity contribution in [1.82, 2.24) is 4.72 Å². The number of ether oxygens (including phenoxy) is 1. The van der Waals surface area contributed by atoms with Crippen LogP contribution in [-0.2, 0) is 24.8 Å². The summed E-state index contributed by atoms with van der Waals surface area (Å²) in [5, 5.41) is 4.84. The van der Waals surface area contributed by atoms with Gasteiger partial charge in [0, 0.05) is 20.3 Å². The summed E-state index contributed by atoms with van der Waals surface area (Å²) in [7, 11) is -6.59. The fraction of sp³-hybridized carbons (Fsp3) is 0.455. The predicted octanol–water partition coefficient (Wildman–Crippen LogP) is 0.178. The zero-order valence-electron chi connectivity index (χ0n) is 11.4. The van der Waals surface area contributed by atoms with E-state index in [1.165, 1.54) is 7.11 Å². The van der Waals surface area contributed by atoms with Crippen LogP contribution in [-0.4, -0.2) is 37.1 Å². The van der Waals surface area contributed by atoms with Gasteiger partial charge in [-0.2, -0.15) is 0 Å². The van der Waals surface area contributed by atoms with Gasteiger partial charge < -0.3 is 4.74 Å². The Labute approximate surface area is 123 Å². The Bertz CT molecular complexity index is 689. The number of halogens is 1. The van der Waals surface area contributed by atoms with E-state index in [9.17, 15) is 21.2 Å². The van der Waals surface area contributed by atoms with Crippen LogP contribution in [0.5, 0.6) is 0 Å². The smallest absolute Gasteiger partial charge is 0.243 e. The number of nitrogens with two attached hydrogens (primary N) is 1. The molecule has 3 N–H and O–H groups in total. The summed E-state index contributed by atoms with van der Waals surface area (Å²) in [5.41, 5.74) is 0. The minimum atomic E-state index is -4.08. The first kappa shape index (κ1) is 18.0. The zero-order chi connectivity index (χ0) is 16.1. The molecule has 0 aliphatic heterocycles. The number of methoxy groups -OCH3 is 1. The van der Waals surface area contributed by atoms with E-state index >= 15 is 0 Å². The lowest BCUT2D eigenvalue weighted by Gasteiger charge is -2.08. The van der Waals surface area contributed by atoms with Gasteiger partial charge in [0.2, 0.25) is 20.0 Å². The molecule has 0 saturated heterocycles. The van der Waals surface area contributed by atoms with Gasteiger partial charge in [-0.1, -0.05) is 0 Å². The van der Waals surface area contributed by atoms with Crippen molar-refractivity contribution < 1.29 is 26.0 Å². The lowest BCUT2D eigenvalue weighted by Crippen LogP contribution is -2.26. The third-order valence-electron chi connectivity index (χ3n) is 2.59. The van der Waals surface area contributed by atoms with Gasteiger partial charge in [-0.05, 0) is 31.0 Å². The van der Waals surface area contributed by atoms with Crippen molar-refractivity contribution in [1.29, 1.82) is 0 Å². The van der Waals surface area contributed by atoms with Gasteiger partial charge in [-0.25, -0.2) is 31.1 Å². The molecule has 21 heavy (non-hydrogen) atoms. The lowest BCUT2D eigenvalue weighted by molar-refractivity contribution is 0.193. The van der Waals surface area contributed by atoms with Gasteiger partial charge in [-0.3, -0.25) is 0 Å². The Hall–Kier alpha value is -1.07. The lowest BCUT2D eigenvalue weighted by atomic mass is 10.3. The first-order valence-corrected chi connectivity index (χ1v) is 9.02. The topological polar surface area (TPSA) is 116 Å². The van der Waals surface area contributed by atoms with Gasteiger partial charge in [0.05, 0.1) is 4.90 Å². The SMILES string of the molecule is COCCCCNS(=O)(=O)c1ccc(S(N)(=O)=O)cc1F. The van der Waals surface area contributed by atoms with Crippen LogP contribution in [0.4, 0.5) is 4.39 Å². The number of hydrogen-bond acceptors (Lipinski definition) is 5. The van der Waals surface area contributed by atoms with Crippen molar-refractivity contribution in [3.63, 3.8) is 0 Å². The van der Waals surface area contributed by atoms with Crippen molar-refractivity contribution in [3.05, 3.63) is 24.0 Å². The van der Waals surface area contributed by atoms with E-state index in [-0.39, 0.29) is 6.54 Å².